The minimum atomic E-state index is 0.687. The Morgan fingerprint density at radius 2 is 1.63 bits per heavy atom. The van der Waals surface area contributed by atoms with Crippen LogP contribution in [0, 0.1) is 0 Å². The smallest absolute Gasteiger partial charge is 0.0124 e. The molecule has 1 atom stereocenters. The van der Waals surface area contributed by atoms with E-state index in [4.69, 9.17) is 0 Å². The average molecular weight is 359 g/mol. The van der Waals surface area contributed by atoms with Crippen LogP contribution in [0.4, 0.5) is 0 Å². The van der Waals surface area contributed by atoms with Gasteiger partial charge in [-0.3, -0.25) is 0 Å². The average Bonchev–Trinajstić information content (AvgIpc) is 2.73. The molecule has 1 aliphatic carbocycles. The Labute approximate surface area is 166 Å². The first kappa shape index (κ1) is 19.7. The van der Waals surface area contributed by atoms with Crippen molar-refractivity contribution in [3.05, 3.63) is 84.0 Å². The van der Waals surface area contributed by atoms with Gasteiger partial charge < -0.3 is 0 Å². The lowest BCUT2D eigenvalue weighted by molar-refractivity contribution is 0.586. The van der Waals surface area contributed by atoms with Crippen molar-refractivity contribution in [1.82, 2.24) is 0 Å². The zero-order valence-electron chi connectivity index (χ0n) is 16.9. The van der Waals surface area contributed by atoms with Crippen LogP contribution in [0.5, 0.6) is 0 Å². The standard InChI is InChI=1S/C27H34/c1-3-5-7-9-23-12-16-25(17-13-23)27-20-18-26(19-21-27)24-14-10-22(11-15-24)8-6-4-2/h4,10,12-13,16-21,24H,2-3,5-9,11,14-15H2,1H3. The van der Waals surface area contributed by atoms with Crippen LogP contribution in [0.1, 0.15) is 75.3 Å². The van der Waals surface area contributed by atoms with Gasteiger partial charge in [0.15, 0.2) is 0 Å². The van der Waals surface area contributed by atoms with E-state index in [1.807, 2.05) is 6.08 Å². The number of allylic oxidation sites excluding steroid dienone is 3. The maximum atomic E-state index is 3.83. The molecule has 142 valence electrons. The Morgan fingerprint density at radius 1 is 0.926 bits per heavy atom. The molecule has 0 aromatic heterocycles. The third-order valence-corrected chi connectivity index (χ3v) is 5.91. The van der Waals surface area contributed by atoms with E-state index < -0.39 is 0 Å². The van der Waals surface area contributed by atoms with Crippen molar-refractivity contribution in [2.75, 3.05) is 0 Å². The number of aryl methyl sites for hydroxylation is 1. The van der Waals surface area contributed by atoms with E-state index >= 15 is 0 Å². The second-order valence-electron chi connectivity index (χ2n) is 7.94. The van der Waals surface area contributed by atoms with Gasteiger partial charge in [-0.25, -0.2) is 0 Å². The van der Waals surface area contributed by atoms with Gasteiger partial charge in [-0.05, 0) is 73.1 Å². The summed E-state index contributed by atoms with van der Waals surface area (Å²) in [7, 11) is 0. The van der Waals surface area contributed by atoms with Gasteiger partial charge in [0, 0.05) is 0 Å². The summed E-state index contributed by atoms with van der Waals surface area (Å²) < 4.78 is 0. The molecule has 2 aromatic rings. The van der Waals surface area contributed by atoms with Gasteiger partial charge in [-0.15, -0.1) is 6.58 Å². The van der Waals surface area contributed by atoms with Gasteiger partial charge >= 0.3 is 0 Å². The highest BCUT2D eigenvalue weighted by Gasteiger charge is 2.16. The van der Waals surface area contributed by atoms with Crippen LogP contribution in [0.25, 0.3) is 11.1 Å². The first-order chi connectivity index (χ1) is 13.3. The Balaban J connectivity index is 1.59. The van der Waals surface area contributed by atoms with Gasteiger partial charge in [-0.1, -0.05) is 86.0 Å². The van der Waals surface area contributed by atoms with Crippen LogP contribution in [0.15, 0.2) is 72.8 Å². The van der Waals surface area contributed by atoms with Crippen molar-refractivity contribution in [3.63, 3.8) is 0 Å². The lowest BCUT2D eigenvalue weighted by Crippen LogP contribution is -2.04. The van der Waals surface area contributed by atoms with Gasteiger partial charge in [0.05, 0.1) is 0 Å². The van der Waals surface area contributed by atoms with Crippen LogP contribution in [0.2, 0.25) is 0 Å². The zero-order valence-corrected chi connectivity index (χ0v) is 16.9. The molecular weight excluding hydrogens is 324 g/mol. The Hall–Kier alpha value is -2.08. The SMILES string of the molecule is C=CCCC1=CCC(c2ccc(-c3ccc(CCCCC)cc3)cc2)CC1. The highest BCUT2D eigenvalue weighted by molar-refractivity contribution is 5.64. The number of benzene rings is 2. The summed E-state index contributed by atoms with van der Waals surface area (Å²) in [4.78, 5) is 0. The molecule has 0 saturated heterocycles. The fourth-order valence-corrected chi connectivity index (χ4v) is 4.10. The Kier molecular flexibility index (Phi) is 7.51. The highest BCUT2D eigenvalue weighted by atomic mass is 14.2. The largest absolute Gasteiger partial charge is 0.103 e. The van der Waals surface area contributed by atoms with Crippen LogP contribution >= 0.6 is 0 Å². The maximum absolute atomic E-state index is 3.83. The second-order valence-corrected chi connectivity index (χ2v) is 7.94. The molecule has 3 rings (SSSR count). The van der Waals surface area contributed by atoms with Crippen molar-refractivity contribution >= 4 is 0 Å². The van der Waals surface area contributed by atoms with Gasteiger partial charge in [0.1, 0.15) is 0 Å². The number of unbranched alkanes of at least 4 members (excludes halogenated alkanes) is 2. The summed E-state index contributed by atoms with van der Waals surface area (Å²) >= 11 is 0. The molecule has 1 aliphatic rings. The summed E-state index contributed by atoms with van der Waals surface area (Å²) in [5.41, 5.74) is 7.24. The second kappa shape index (κ2) is 10.3. The monoisotopic (exact) mass is 358 g/mol. The molecule has 27 heavy (non-hydrogen) atoms. The molecule has 0 fully saturated rings. The molecule has 0 amide bonds. The molecule has 0 saturated carbocycles. The van der Waals surface area contributed by atoms with Gasteiger partial charge in [-0.2, -0.15) is 0 Å². The fourth-order valence-electron chi connectivity index (χ4n) is 4.10. The van der Waals surface area contributed by atoms with Crippen molar-refractivity contribution in [2.24, 2.45) is 0 Å². The van der Waals surface area contributed by atoms with Crippen LogP contribution in [-0.4, -0.2) is 0 Å². The summed E-state index contributed by atoms with van der Waals surface area (Å²) in [5, 5.41) is 0. The van der Waals surface area contributed by atoms with E-state index in [1.165, 1.54) is 73.6 Å². The minimum Gasteiger partial charge on any atom is -0.103 e. The summed E-state index contributed by atoms with van der Waals surface area (Å²) in [6.45, 7) is 6.10. The first-order valence-electron chi connectivity index (χ1n) is 10.8. The molecule has 0 nitrogen and oxygen atoms in total. The van der Waals surface area contributed by atoms with E-state index in [-0.39, 0.29) is 0 Å². The molecule has 0 heterocycles. The van der Waals surface area contributed by atoms with Crippen molar-refractivity contribution in [1.29, 1.82) is 0 Å². The lowest BCUT2D eigenvalue weighted by Gasteiger charge is -2.22. The van der Waals surface area contributed by atoms with Crippen LogP contribution in [0.3, 0.4) is 0 Å². The van der Waals surface area contributed by atoms with Crippen molar-refractivity contribution < 1.29 is 0 Å². The predicted octanol–water partition coefficient (Wildman–Crippen LogP) is 8.25. The Morgan fingerprint density at radius 3 is 2.22 bits per heavy atom. The van der Waals surface area contributed by atoms with E-state index in [2.05, 4.69) is 68.1 Å². The van der Waals surface area contributed by atoms with E-state index in [0.717, 1.165) is 6.42 Å². The van der Waals surface area contributed by atoms with Crippen LogP contribution < -0.4 is 0 Å². The third-order valence-electron chi connectivity index (χ3n) is 5.91. The quantitative estimate of drug-likeness (QED) is 0.313. The Bertz CT molecular complexity index is 731. The fraction of sp³-hybridized carbons (Fsp3) is 0.407. The van der Waals surface area contributed by atoms with Crippen molar-refractivity contribution in [3.8, 4) is 11.1 Å². The molecule has 0 heteroatoms. The molecule has 0 spiro atoms. The topological polar surface area (TPSA) is 0 Å². The normalized spacial score (nSPS) is 16.8. The number of hydrogen-bond acceptors (Lipinski definition) is 0. The molecular formula is C27H34. The maximum Gasteiger partial charge on any atom is -0.0124 e. The third kappa shape index (κ3) is 5.70. The van der Waals surface area contributed by atoms with Crippen LogP contribution in [-0.2, 0) is 6.42 Å². The zero-order chi connectivity index (χ0) is 18.9. The molecule has 0 N–H and O–H groups in total. The van der Waals surface area contributed by atoms with Crippen molar-refractivity contribution in [2.45, 2.75) is 70.6 Å². The summed E-state index contributed by atoms with van der Waals surface area (Å²) in [6, 6.07) is 18.5. The van der Waals surface area contributed by atoms with E-state index in [0.29, 0.717) is 5.92 Å². The van der Waals surface area contributed by atoms with E-state index in [9.17, 15) is 0 Å². The van der Waals surface area contributed by atoms with Gasteiger partial charge in [0.2, 0.25) is 0 Å². The molecule has 1 unspecified atom stereocenters. The number of hydrogen-bond donors (Lipinski definition) is 0. The molecule has 0 aliphatic heterocycles. The molecule has 2 aromatic carbocycles. The number of rotatable bonds is 9. The lowest BCUT2D eigenvalue weighted by atomic mass is 9.83. The minimum absolute atomic E-state index is 0.687. The molecule has 0 bridgehead atoms. The highest BCUT2D eigenvalue weighted by Crippen LogP contribution is 2.34. The predicted molar refractivity (Wildman–Crippen MR) is 119 cm³/mol. The molecule has 0 radical (unpaired) electrons. The summed E-state index contributed by atoms with van der Waals surface area (Å²) in [5.74, 6) is 0.687. The van der Waals surface area contributed by atoms with E-state index in [1.54, 1.807) is 5.57 Å². The van der Waals surface area contributed by atoms with Gasteiger partial charge in [0.25, 0.3) is 0 Å². The summed E-state index contributed by atoms with van der Waals surface area (Å²) in [6.07, 6.45) is 15.7. The first-order valence-corrected chi connectivity index (χ1v) is 10.8.